The number of amides is 3. The van der Waals surface area contributed by atoms with Crippen molar-refractivity contribution in [1.29, 1.82) is 0 Å². The second-order valence-electron chi connectivity index (χ2n) is 15.5. The number of rotatable bonds is 18. The van der Waals surface area contributed by atoms with Crippen LogP contribution < -0.4 is 10.6 Å². The molecule has 12 nitrogen and oxygen atoms in total. The topological polar surface area (TPSA) is 158 Å². The Morgan fingerprint density at radius 1 is 1.02 bits per heavy atom. The number of ether oxygens (including phenoxy) is 1. The van der Waals surface area contributed by atoms with E-state index in [4.69, 9.17) is 4.74 Å². The van der Waals surface area contributed by atoms with Gasteiger partial charge in [0.05, 0.1) is 17.5 Å². The van der Waals surface area contributed by atoms with Crippen LogP contribution in [0.25, 0.3) is 0 Å². The first-order chi connectivity index (χ1) is 26.4. The molecule has 0 radical (unpaired) electrons. The highest BCUT2D eigenvalue weighted by Crippen LogP contribution is 2.34. The van der Waals surface area contributed by atoms with Gasteiger partial charge in [-0.05, 0) is 81.1 Å². The monoisotopic (exact) mass is 807 g/mol. The molecule has 1 aromatic heterocycles. The summed E-state index contributed by atoms with van der Waals surface area (Å²) < 4.78 is 45.1. The number of likely N-dealkylation sites (tertiary alicyclic amines) is 1. The predicted molar refractivity (Wildman–Crippen MR) is 205 cm³/mol. The molecule has 3 N–H and O–H groups in total. The molecular formula is C40H56F3N5O7S. The number of aliphatic carboxylic acids is 1. The molecule has 6 atom stereocenters. The molecule has 1 aromatic carbocycles. The number of hydrogen-bond donors (Lipinski definition) is 3. The number of aromatic nitrogens is 1. The molecule has 0 unspecified atom stereocenters. The molecule has 2 aliphatic rings. The SMILES string of the molecule is CCN1CCCC[C@@H]1C(=O)N[C@H](C(=O)N(C)[C@H](C[C@@H](OC(C)=O)c1nc(C(=O)N[C@@H](Cc2ccc(C(F)(F)F)cc2)C[C@H](C)C(=O)O)cs1)C(C)C)C1CCC1. The molecule has 1 aliphatic carbocycles. The van der Waals surface area contributed by atoms with Gasteiger partial charge in [0.15, 0.2) is 6.10 Å². The molecule has 1 saturated heterocycles. The van der Waals surface area contributed by atoms with E-state index in [-0.39, 0.29) is 54.6 Å². The van der Waals surface area contributed by atoms with E-state index in [0.29, 0.717) is 10.6 Å². The Hall–Kier alpha value is -4.05. The smallest absolute Gasteiger partial charge is 0.416 e. The van der Waals surface area contributed by atoms with Crippen molar-refractivity contribution < 1.29 is 47.0 Å². The maximum Gasteiger partial charge on any atom is 0.416 e. The fourth-order valence-corrected chi connectivity index (χ4v) is 8.42. The van der Waals surface area contributed by atoms with Crippen LogP contribution in [0, 0.1) is 17.8 Å². The number of alkyl halides is 3. The summed E-state index contributed by atoms with van der Waals surface area (Å²) in [5.74, 6) is -3.59. The minimum atomic E-state index is -4.52. The van der Waals surface area contributed by atoms with Gasteiger partial charge in [-0.15, -0.1) is 11.3 Å². The van der Waals surface area contributed by atoms with Crippen molar-refractivity contribution in [2.45, 2.75) is 129 Å². The number of halogens is 3. The second kappa shape index (κ2) is 19.9. The fraction of sp³-hybridized carbons (Fsp3) is 0.650. The number of benzene rings is 1. The van der Waals surface area contributed by atoms with Crippen LogP contribution in [0.4, 0.5) is 13.2 Å². The lowest BCUT2D eigenvalue weighted by atomic mass is 9.78. The number of hydrogen-bond acceptors (Lipinski definition) is 9. The minimum Gasteiger partial charge on any atom is -0.481 e. The van der Waals surface area contributed by atoms with Gasteiger partial charge in [-0.25, -0.2) is 4.98 Å². The first kappa shape index (κ1) is 44.7. The third kappa shape index (κ3) is 12.0. The van der Waals surface area contributed by atoms with Gasteiger partial charge in [0.25, 0.3) is 5.91 Å². The van der Waals surface area contributed by atoms with Gasteiger partial charge in [0.1, 0.15) is 16.7 Å². The zero-order valence-electron chi connectivity index (χ0n) is 33.1. The maximum absolute atomic E-state index is 14.3. The molecule has 1 saturated carbocycles. The van der Waals surface area contributed by atoms with E-state index in [1.54, 1.807) is 11.9 Å². The number of piperidine rings is 1. The molecule has 16 heteroatoms. The lowest BCUT2D eigenvalue weighted by molar-refractivity contribution is -0.149. The highest BCUT2D eigenvalue weighted by Gasteiger charge is 2.41. The van der Waals surface area contributed by atoms with E-state index in [2.05, 4.69) is 20.5 Å². The fourth-order valence-electron chi connectivity index (χ4n) is 7.58. The summed E-state index contributed by atoms with van der Waals surface area (Å²) in [7, 11) is 1.70. The van der Waals surface area contributed by atoms with Crippen LogP contribution in [0.2, 0.25) is 0 Å². The Morgan fingerprint density at radius 2 is 1.70 bits per heavy atom. The number of nitrogens with one attached hydrogen (secondary N) is 2. The van der Waals surface area contributed by atoms with Gasteiger partial charge in [-0.2, -0.15) is 13.2 Å². The molecule has 0 spiro atoms. The van der Waals surface area contributed by atoms with E-state index in [1.807, 2.05) is 20.8 Å². The quantitative estimate of drug-likeness (QED) is 0.148. The zero-order valence-corrected chi connectivity index (χ0v) is 33.9. The number of carboxylic acids is 1. The van der Waals surface area contributed by atoms with Gasteiger partial charge < -0.3 is 25.4 Å². The van der Waals surface area contributed by atoms with Crippen molar-refractivity contribution in [3.63, 3.8) is 0 Å². The highest BCUT2D eigenvalue weighted by atomic mass is 32.1. The lowest BCUT2D eigenvalue weighted by Crippen LogP contribution is -2.59. The summed E-state index contributed by atoms with van der Waals surface area (Å²) in [5.41, 5.74) is -0.356. The third-order valence-electron chi connectivity index (χ3n) is 11.1. The Morgan fingerprint density at radius 3 is 2.25 bits per heavy atom. The molecule has 3 amide bonds. The van der Waals surface area contributed by atoms with E-state index in [1.165, 1.54) is 31.4 Å². The van der Waals surface area contributed by atoms with Gasteiger partial charge in [0, 0.05) is 37.9 Å². The van der Waals surface area contributed by atoms with Crippen molar-refractivity contribution in [2.24, 2.45) is 17.8 Å². The van der Waals surface area contributed by atoms with Crippen molar-refractivity contribution in [3.8, 4) is 0 Å². The summed E-state index contributed by atoms with van der Waals surface area (Å²) in [6, 6.07) is 2.30. The number of esters is 1. The van der Waals surface area contributed by atoms with E-state index >= 15 is 0 Å². The first-order valence-corrected chi connectivity index (χ1v) is 20.4. The summed E-state index contributed by atoms with van der Waals surface area (Å²) >= 11 is 1.09. The summed E-state index contributed by atoms with van der Waals surface area (Å²) in [6.45, 7) is 10.3. The Balaban J connectivity index is 1.51. The van der Waals surface area contributed by atoms with Crippen LogP contribution in [0.5, 0.6) is 0 Å². The van der Waals surface area contributed by atoms with Crippen LogP contribution in [-0.2, 0) is 36.5 Å². The third-order valence-corrected chi connectivity index (χ3v) is 12.0. The minimum absolute atomic E-state index is 0.00537. The van der Waals surface area contributed by atoms with E-state index < -0.39 is 59.7 Å². The molecule has 0 bridgehead atoms. The number of nitrogens with zero attached hydrogens (tertiary/aromatic N) is 3. The number of likely N-dealkylation sites (N-methyl/N-ethyl adjacent to an activating group) is 2. The standard InChI is InChI=1S/C40H56F3N5O7S/c1-7-48-18-9-8-13-31(48)36(51)46-34(27-11-10-12-27)38(52)47(6)32(23(2)3)21-33(55-25(5)49)37-45-30(22-56-37)35(50)44-29(19-24(4)39(53)54)20-26-14-16-28(17-15-26)40(41,42)43/h14-17,22-24,27,29,31-34H,7-13,18-21H2,1-6H3,(H,44,50)(H,46,51)(H,53,54)/t24-,29+,31+,32+,33+,34-/m0/s1. The average molecular weight is 808 g/mol. The largest absolute Gasteiger partial charge is 0.481 e. The van der Waals surface area contributed by atoms with Gasteiger partial charge in [0.2, 0.25) is 11.8 Å². The van der Waals surface area contributed by atoms with Crippen molar-refractivity contribution in [2.75, 3.05) is 20.1 Å². The normalized spacial score (nSPS) is 19.2. The summed E-state index contributed by atoms with van der Waals surface area (Å²) in [5, 5.41) is 17.3. The zero-order chi connectivity index (χ0) is 41.3. The van der Waals surface area contributed by atoms with Crippen LogP contribution >= 0.6 is 11.3 Å². The van der Waals surface area contributed by atoms with E-state index in [9.17, 15) is 42.3 Å². The molecule has 1 aliphatic heterocycles. The first-order valence-electron chi connectivity index (χ1n) is 19.5. The maximum atomic E-state index is 14.3. The highest BCUT2D eigenvalue weighted by molar-refractivity contribution is 7.09. The predicted octanol–water partition coefficient (Wildman–Crippen LogP) is 6.25. The summed E-state index contributed by atoms with van der Waals surface area (Å²) in [4.78, 5) is 73.8. The van der Waals surface area contributed by atoms with Gasteiger partial charge in [-0.1, -0.05) is 52.7 Å². The Labute approximate surface area is 330 Å². The number of carbonyl (C=O) groups is 5. The Bertz CT molecular complexity index is 1670. The van der Waals surface area contributed by atoms with Crippen LogP contribution in [0.15, 0.2) is 29.6 Å². The summed E-state index contributed by atoms with van der Waals surface area (Å²) in [6.07, 6.45) is 0.189. The second-order valence-corrected chi connectivity index (χ2v) is 16.4. The molecular weight excluding hydrogens is 752 g/mol. The molecule has 2 aromatic rings. The van der Waals surface area contributed by atoms with Crippen molar-refractivity contribution >= 4 is 41.0 Å². The average Bonchev–Trinajstić information content (AvgIpc) is 3.62. The van der Waals surface area contributed by atoms with Crippen LogP contribution in [0.3, 0.4) is 0 Å². The molecule has 4 rings (SSSR count). The van der Waals surface area contributed by atoms with Crippen molar-refractivity contribution in [3.05, 3.63) is 51.5 Å². The molecule has 2 heterocycles. The van der Waals surface area contributed by atoms with Gasteiger partial charge >= 0.3 is 18.1 Å². The molecule has 310 valence electrons. The number of carbonyl (C=O) groups excluding carboxylic acids is 4. The number of thiazole rings is 1. The van der Waals surface area contributed by atoms with Crippen LogP contribution in [0.1, 0.15) is 119 Å². The van der Waals surface area contributed by atoms with Crippen LogP contribution in [-0.4, -0.2) is 93.9 Å². The molecule has 56 heavy (non-hydrogen) atoms. The lowest BCUT2D eigenvalue weighted by Gasteiger charge is -2.41. The van der Waals surface area contributed by atoms with E-state index in [0.717, 1.165) is 75.1 Å². The number of carboxylic acid groups (broad SMARTS) is 1. The Kier molecular flexibility index (Phi) is 15.9. The molecule has 2 fully saturated rings. The van der Waals surface area contributed by atoms with Crippen molar-refractivity contribution in [1.82, 2.24) is 25.4 Å². The van der Waals surface area contributed by atoms with Gasteiger partial charge in [-0.3, -0.25) is 28.9 Å².